The number of carbonyl (C=O) groups excluding carboxylic acids is 1. The monoisotopic (exact) mass is 420 g/mol. The van der Waals surface area contributed by atoms with Crippen LogP contribution >= 0.6 is 0 Å². The summed E-state index contributed by atoms with van der Waals surface area (Å²) in [6, 6.07) is 21.7. The lowest BCUT2D eigenvalue weighted by atomic mass is 10.1. The molecule has 5 nitrogen and oxygen atoms in total. The molecular weight excluding hydrogens is 395 g/mol. The SMILES string of the molecule is COc1ccc(CNC(=O)C[C@@H]2COc3ccccc3N2Cc2ccc(F)cc2)cc1. The van der Waals surface area contributed by atoms with Crippen molar-refractivity contribution in [1.29, 1.82) is 0 Å². The Bertz CT molecular complexity index is 1020. The van der Waals surface area contributed by atoms with Crippen LogP contribution in [-0.2, 0) is 17.9 Å². The van der Waals surface area contributed by atoms with Gasteiger partial charge in [-0.15, -0.1) is 0 Å². The minimum atomic E-state index is -0.263. The van der Waals surface area contributed by atoms with Crippen molar-refractivity contribution < 1.29 is 18.7 Å². The fourth-order valence-electron chi connectivity index (χ4n) is 3.69. The van der Waals surface area contributed by atoms with Crippen LogP contribution in [0.25, 0.3) is 0 Å². The van der Waals surface area contributed by atoms with E-state index >= 15 is 0 Å². The lowest BCUT2D eigenvalue weighted by Crippen LogP contribution is -2.45. The van der Waals surface area contributed by atoms with E-state index in [1.165, 1.54) is 12.1 Å². The summed E-state index contributed by atoms with van der Waals surface area (Å²) >= 11 is 0. The summed E-state index contributed by atoms with van der Waals surface area (Å²) in [5.74, 6) is 1.26. The summed E-state index contributed by atoms with van der Waals surface area (Å²) in [5.41, 5.74) is 2.91. The quantitative estimate of drug-likeness (QED) is 0.619. The molecular formula is C25H25FN2O3. The van der Waals surface area contributed by atoms with Crippen LogP contribution in [0.4, 0.5) is 10.1 Å². The van der Waals surface area contributed by atoms with E-state index < -0.39 is 0 Å². The van der Waals surface area contributed by atoms with Crippen molar-refractivity contribution in [3.8, 4) is 11.5 Å². The zero-order valence-corrected chi connectivity index (χ0v) is 17.4. The van der Waals surface area contributed by atoms with Gasteiger partial charge in [-0.25, -0.2) is 4.39 Å². The summed E-state index contributed by atoms with van der Waals surface area (Å²) < 4.78 is 24.4. The van der Waals surface area contributed by atoms with Crippen LogP contribution in [0.15, 0.2) is 72.8 Å². The molecule has 31 heavy (non-hydrogen) atoms. The number of nitrogens with zero attached hydrogens (tertiary/aromatic N) is 1. The normalized spacial score (nSPS) is 15.0. The molecule has 1 heterocycles. The Morgan fingerprint density at radius 1 is 1.06 bits per heavy atom. The van der Waals surface area contributed by atoms with Crippen LogP contribution in [0, 0.1) is 5.82 Å². The molecule has 1 N–H and O–H groups in total. The first-order valence-electron chi connectivity index (χ1n) is 10.2. The number of rotatable bonds is 7. The third kappa shape index (κ3) is 5.15. The molecule has 6 heteroatoms. The number of fused-ring (bicyclic) bond motifs is 1. The Morgan fingerprint density at radius 3 is 2.52 bits per heavy atom. The van der Waals surface area contributed by atoms with Crippen molar-refractivity contribution >= 4 is 11.6 Å². The number of methoxy groups -OCH3 is 1. The van der Waals surface area contributed by atoms with Crippen molar-refractivity contribution in [3.05, 3.63) is 89.7 Å². The van der Waals surface area contributed by atoms with Crippen molar-refractivity contribution in [2.24, 2.45) is 0 Å². The van der Waals surface area contributed by atoms with Crippen LogP contribution in [0.1, 0.15) is 17.5 Å². The average Bonchev–Trinajstić information content (AvgIpc) is 2.81. The van der Waals surface area contributed by atoms with Gasteiger partial charge in [-0.3, -0.25) is 4.79 Å². The van der Waals surface area contributed by atoms with Crippen LogP contribution in [0.3, 0.4) is 0 Å². The van der Waals surface area contributed by atoms with Gasteiger partial charge < -0.3 is 19.7 Å². The number of hydrogen-bond acceptors (Lipinski definition) is 4. The number of halogens is 1. The number of hydrogen-bond donors (Lipinski definition) is 1. The summed E-state index contributed by atoms with van der Waals surface area (Å²) in [4.78, 5) is 14.9. The highest BCUT2D eigenvalue weighted by Crippen LogP contribution is 2.35. The third-order valence-electron chi connectivity index (χ3n) is 5.38. The van der Waals surface area contributed by atoms with Gasteiger partial charge in [0, 0.05) is 13.1 Å². The van der Waals surface area contributed by atoms with Gasteiger partial charge in [0.05, 0.1) is 25.3 Å². The largest absolute Gasteiger partial charge is 0.497 e. The summed E-state index contributed by atoms with van der Waals surface area (Å²) in [5, 5.41) is 2.99. The van der Waals surface area contributed by atoms with Crippen LogP contribution in [0.2, 0.25) is 0 Å². The fourth-order valence-corrected chi connectivity index (χ4v) is 3.69. The second kappa shape index (κ2) is 9.51. The van der Waals surface area contributed by atoms with Crippen molar-refractivity contribution in [2.45, 2.75) is 25.6 Å². The molecule has 1 aliphatic rings. The van der Waals surface area contributed by atoms with E-state index in [1.54, 1.807) is 19.2 Å². The zero-order chi connectivity index (χ0) is 21.6. The average molecular weight is 420 g/mol. The predicted molar refractivity (Wildman–Crippen MR) is 118 cm³/mol. The summed E-state index contributed by atoms with van der Waals surface area (Å²) in [6.07, 6.45) is 0.297. The van der Waals surface area contributed by atoms with E-state index in [0.29, 0.717) is 26.1 Å². The number of anilines is 1. The fraction of sp³-hybridized carbons (Fsp3) is 0.240. The Kier molecular flexibility index (Phi) is 6.36. The van der Waals surface area contributed by atoms with Gasteiger partial charge in [0.2, 0.25) is 5.91 Å². The second-order valence-electron chi connectivity index (χ2n) is 7.52. The van der Waals surface area contributed by atoms with Crippen molar-refractivity contribution in [3.63, 3.8) is 0 Å². The van der Waals surface area contributed by atoms with E-state index in [-0.39, 0.29) is 17.8 Å². The van der Waals surface area contributed by atoms with Gasteiger partial charge in [-0.05, 0) is 47.5 Å². The highest BCUT2D eigenvalue weighted by atomic mass is 19.1. The van der Waals surface area contributed by atoms with Crippen molar-refractivity contribution in [1.82, 2.24) is 5.32 Å². The lowest BCUT2D eigenvalue weighted by Gasteiger charge is -2.38. The molecule has 0 bridgehead atoms. The molecule has 1 amide bonds. The maximum Gasteiger partial charge on any atom is 0.222 e. The van der Waals surface area contributed by atoms with Gasteiger partial charge in [-0.1, -0.05) is 36.4 Å². The molecule has 0 spiro atoms. The maximum absolute atomic E-state index is 13.3. The van der Waals surface area contributed by atoms with Gasteiger partial charge in [0.25, 0.3) is 0 Å². The lowest BCUT2D eigenvalue weighted by molar-refractivity contribution is -0.121. The first kappa shape index (κ1) is 20.7. The van der Waals surface area contributed by atoms with E-state index in [1.807, 2.05) is 48.5 Å². The number of carbonyl (C=O) groups is 1. The Morgan fingerprint density at radius 2 is 1.77 bits per heavy atom. The Hall–Kier alpha value is -3.54. The van der Waals surface area contributed by atoms with E-state index in [9.17, 15) is 9.18 Å². The van der Waals surface area contributed by atoms with Gasteiger partial charge in [0.1, 0.15) is 23.9 Å². The second-order valence-corrected chi connectivity index (χ2v) is 7.52. The number of amides is 1. The molecule has 0 aromatic heterocycles. The molecule has 0 saturated carbocycles. The third-order valence-corrected chi connectivity index (χ3v) is 5.38. The van der Waals surface area contributed by atoms with Crippen molar-refractivity contribution in [2.75, 3.05) is 18.6 Å². The maximum atomic E-state index is 13.3. The molecule has 4 rings (SSSR count). The standard InChI is InChI=1S/C25H25FN2O3/c1-30-22-12-8-18(9-13-22)15-27-25(29)14-21-17-31-24-5-3-2-4-23(24)28(21)16-19-6-10-20(26)11-7-19/h2-13,21H,14-17H2,1H3,(H,27,29)/t21-/m1/s1. The van der Waals surface area contributed by atoms with E-state index in [2.05, 4.69) is 10.2 Å². The van der Waals surface area contributed by atoms with Crippen LogP contribution in [0.5, 0.6) is 11.5 Å². The Labute approximate surface area is 181 Å². The molecule has 0 saturated heterocycles. The number of nitrogens with one attached hydrogen (secondary N) is 1. The predicted octanol–water partition coefficient (Wildman–Crippen LogP) is 4.31. The molecule has 3 aromatic carbocycles. The zero-order valence-electron chi connectivity index (χ0n) is 17.4. The molecule has 1 aliphatic heterocycles. The van der Waals surface area contributed by atoms with Gasteiger partial charge >= 0.3 is 0 Å². The molecule has 0 fully saturated rings. The van der Waals surface area contributed by atoms with Gasteiger partial charge in [-0.2, -0.15) is 0 Å². The minimum absolute atomic E-state index is 0.0482. The molecule has 1 atom stereocenters. The summed E-state index contributed by atoms with van der Waals surface area (Å²) in [7, 11) is 1.62. The van der Waals surface area contributed by atoms with Crippen LogP contribution in [-0.4, -0.2) is 25.7 Å². The van der Waals surface area contributed by atoms with Gasteiger partial charge in [0.15, 0.2) is 0 Å². The smallest absolute Gasteiger partial charge is 0.222 e. The first-order valence-corrected chi connectivity index (χ1v) is 10.2. The molecule has 3 aromatic rings. The number of para-hydroxylation sites is 2. The Balaban J connectivity index is 1.44. The number of ether oxygens (including phenoxy) is 2. The first-order chi connectivity index (χ1) is 15.1. The van der Waals surface area contributed by atoms with Crippen LogP contribution < -0.4 is 19.7 Å². The highest BCUT2D eigenvalue weighted by molar-refractivity contribution is 5.77. The minimum Gasteiger partial charge on any atom is -0.497 e. The summed E-state index contributed by atoms with van der Waals surface area (Å²) in [6.45, 7) is 1.43. The highest BCUT2D eigenvalue weighted by Gasteiger charge is 2.29. The molecule has 0 radical (unpaired) electrons. The van der Waals surface area contributed by atoms with E-state index in [4.69, 9.17) is 9.47 Å². The van der Waals surface area contributed by atoms with E-state index in [0.717, 1.165) is 28.3 Å². The molecule has 160 valence electrons. The molecule has 0 aliphatic carbocycles. The topological polar surface area (TPSA) is 50.8 Å². The number of benzene rings is 3. The molecule has 0 unspecified atom stereocenters.